The van der Waals surface area contributed by atoms with Crippen molar-refractivity contribution in [2.75, 3.05) is 19.6 Å². The average Bonchev–Trinajstić information content (AvgIpc) is 3.27. The lowest BCUT2D eigenvalue weighted by molar-refractivity contribution is -0.126. The van der Waals surface area contributed by atoms with Gasteiger partial charge in [-0.1, -0.05) is 41.0 Å². The van der Waals surface area contributed by atoms with Crippen LogP contribution >= 0.6 is 11.6 Å². The zero-order valence-electron chi connectivity index (χ0n) is 17.8. The van der Waals surface area contributed by atoms with Crippen molar-refractivity contribution < 1.29 is 13.7 Å². The summed E-state index contributed by atoms with van der Waals surface area (Å²) < 4.78 is 18.3. The molecule has 0 atom stereocenters. The van der Waals surface area contributed by atoms with Crippen molar-refractivity contribution in [2.45, 2.75) is 32.2 Å². The molecule has 0 spiro atoms. The third-order valence-corrected chi connectivity index (χ3v) is 6.08. The summed E-state index contributed by atoms with van der Waals surface area (Å²) in [6.07, 6.45) is 3.26. The van der Waals surface area contributed by atoms with E-state index in [1.807, 2.05) is 18.2 Å². The monoisotopic (exact) mass is 456 g/mol. The second kappa shape index (κ2) is 10.7. The van der Waals surface area contributed by atoms with Crippen molar-refractivity contribution in [3.8, 4) is 11.4 Å². The van der Waals surface area contributed by atoms with Crippen LogP contribution < -0.4 is 5.32 Å². The number of amides is 1. The van der Waals surface area contributed by atoms with E-state index in [1.165, 1.54) is 12.1 Å². The molecule has 32 heavy (non-hydrogen) atoms. The quantitative estimate of drug-likeness (QED) is 0.506. The van der Waals surface area contributed by atoms with Crippen LogP contribution in [0.2, 0.25) is 5.02 Å². The van der Waals surface area contributed by atoms with Crippen LogP contribution in [0.25, 0.3) is 11.4 Å². The molecule has 1 saturated heterocycles. The second-order valence-corrected chi connectivity index (χ2v) is 8.47. The Kier molecular flexibility index (Phi) is 7.50. The topological polar surface area (TPSA) is 71.3 Å². The zero-order valence-corrected chi connectivity index (χ0v) is 18.5. The van der Waals surface area contributed by atoms with Gasteiger partial charge < -0.3 is 9.84 Å². The summed E-state index contributed by atoms with van der Waals surface area (Å²) in [7, 11) is 0. The van der Waals surface area contributed by atoms with E-state index >= 15 is 0 Å². The van der Waals surface area contributed by atoms with Gasteiger partial charge in [-0.15, -0.1) is 0 Å². The van der Waals surface area contributed by atoms with Crippen LogP contribution in [0, 0.1) is 11.7 Å². The van der Waals surface area contributed by atoms with Gasteiger partial charge >= 0.3 is 0 Å². The molecule has 8 heteroatoms. The average molecular weight is 457 g/mol. The summed E-state index contributed by atoms with van der Waals surface area (Å²) in [6.45, 7) is 2.79. The summed E-state index contributed by atoms with van der Waals surface area (Å²) >= 11 is 6.20. The minimum Gasteiger partial charge on any atom is -0.356 e. The number of halogens is 2. The number of hydrogen-bond acceptors (Lipinski definition) is 5. The van der Waals surface area contributed by atoms with Crippen LogP contribution in [0.4, 0.5) is 4.39 Å². The molecule has 168 valence electrons. The lowest BCUT2D eigenvalue weighted by atomic mass is 9.96. The van der Waals surface area contributed by atoms with Crippen LogP contribution in [-0.2, 0) is 17.8 Å². The molecule has 6 nitrogen and oxygen atoms in total. The number of aromatic nitrogens is 2. The Balaban J connectivity index is 1.18. The van der Waals surface area contributed by atoms with Gasteiger partial charge in [0.05, 0.1) is 11.6 Å². The lowest BCUT2D eigenvalue weighted by Crippen LogP contribution is -2.40. The van der Waals surface area contributed by atoms with Gasteiger partial charge in [-0.3, -0.25) is 9.69 Å². The maximum atomic E-state index is 12.9. The SMILES string of the molecule is O=C(NCCCc1ccc(F)cc1)C1CCN(Cc2nc(-c3ccccc3Cl)no2)CC1. The van der Waals surface area contributed by atoms with Gasteiger partial charge in [-0.2, -0.15) is 4.98 Å². The van der Waals surface area contributed by atoms with Crippen LogP contribution in [0.5, 0.6) is 0 Å². The number of piperidine rings is 1. The molecule has 2 aromatic carbocycles. The highest BCUT2D eigenvalue weighted by Gasteiger charge is 2.26. The molecule has 0 unspecified atom stereocenters. The highest BCUT2D eigenvalue weighted by Crippen LogP contribution is 2.25. The molecule has 0 saturated carbocycles. The van der Waals surface area contributed by atoms with Crippen LogP contribution in [0.1, 0.15) is 30.7 Å². The number of nitrogens with one attached hydrogen (secondary N) is 1. The van der Waals surface area contributed by atoms with Gasteiger partial charge in [-0.25, -0.2) is 4.39 Å². The normalized spacial score (nSPS) is 15.1. The number of benzene rings is 2. The maximum absolute atomic E-state index is 12.9. The largest absolute Gasteiger partial charge is 0.356 e. The first kappa shape index (κ1) is 22.4. The lowest BCUT2D eigenvalue weighted by Gasteiger charge is -2.30. The van der Waals surface area contributed by atoms with E-state index in [1.54, 1.807) is 18.2 Å². The Bertz CT molecular complexity index is 1030. The van der Waals surface area contributed by atoms with Gasteiger partial charge in [0.1, 0.15) is 5.82 Å². The van der Waals surface area contributed by atoms with E-state index in [0.717, 1.165) is 49.9 Å². The zero-order chi connectivity index (χ0) is 22.3. The molecule has 1 fully saturated rings. The smallest absolute Gasteiger partial charge is 0.241 e. The number of likely N-dealkylation sites (tertiary alicyclic amines) is 1. The van der Waals surface area contributed by atoms with Crippen LogP contribution in [0.3, 0.4) is 0 Å². The molecule has 0 aliphatic carbocycles. The summed E-state index contributed by atoms with van der Waals surface area (Å²) in [5, 5.41) is 7.67. The highest BCUT2D eigenvalue weighted by atomic mass is 35.5. The van der Waals surface area contributed by atoms with Crippen molar-refractivity contribution in [3.05, 3.63) is 70.8 Å². The molecule has 0 bridgehead atoms. The Morgan fingerprint density at radius 2 is 1.91 bits per heavy atom. The molecular formula is C24H26ClFN4O2. The minimum atomic E-state index is -0.228. The number of carbonyl (C=O) groups excluding carboxylic acids is 1. The minimum absolute atomic E-state index is 0.0263. The van der Waals surface area contributed by atoms with Crippen molar-refractivity contribution >= 4 is 17.5 Å². The second-order valence-electron chi connectivity index (χ2n) is 8.06. The first-order valence-corrected chi connectivity index (χ1v) is 11.3. The summed E-state index contributed by atoms with van der Waals surface area (Å²) in [5.74, 6) is 0.943. The Morgan fingerprint density at radius 1 is 1.16 bits per heavy atom. The fraction of sp³-hybridized carbons (Fsp3) is 0.375. The summed E-state index contributed by atoms with van der Waals surface area (Å²) in [4.78, 5) is 19.2. The Labute approximate surface area is 191 Å². The van der Waals surface area contributed by atoms with Crippen molar-refractivity contribution in [1.29, 1.82) is 0 Å². The van der Waals surface area contributed by atoms with Gasteiger partial charge in [0, 0.05) is 18.0 Å². The number of hydrogen-bond donors (Lipinski definition) is 1. The van der Waals surface area contributed by atoms with E-state index in [4.69, 9.17) is 16.1 Å². The maximum Gasteiger partial charge on any atom is 0.241 e. The number of aryl methyl sites for hydroxylation is 1. The van der Waals surface area contributed by atoms with Gasteiger partial charge in [0.25, 0.3) is 0 Å². The molecule has 1 amide bonds. The number of rotatable bonds is 8. The molecule has 4 rings (SSSR count). The molecular weight excluding hydrogens is 431 g/mol. The Hall–Kier alpha value is -2.77. The van der Waals surface area contributed by atoms with Gasteiger partial charge in [0.15, 0.2) is 0 Å². The third kappa shape index (κ3) is 5.93. The summed E-state index contributed by atoms with van der Waals surface area (Å²) in [5.41, 5.74) is 1.83. The van der Waals surface area contributed by atoms with E-state index < -0.39 is 0 Å². The fourth-order valence-corrected chi connectivity index (χ4v) is 4.14. The van der Waals surface area contributed by atoms with Crippen molar-refractivity contribution in [3.63, 3.8) is 0 Å². The number of carbonyl (C=O) groups is 1. The van der Waals surface area contributed by atoms with E-state index in [9.17, 15) is 9.18 Å². The molecule has 2 heterocycles. The molecule has 0 radical (unpaired) electrons. The van der Waals surface area contributed by atoms with E-state index in [2.05, 4.69) is 20.4 Å². The van der Waals surface area contributed by atoms with Gasteiger partial charge in [-0.05, 0) is 68.6 Å². The summed E-state index contributed by atoms with van der Waals surface area (Å²) in [6, 6.07) is 13.9. The molecule has 1 aromatic heterocycles. The third-order valence-electron chi connectivity index (χ3n) is 5.75. The van der Waals surface area contributed by atoms with Crippen molar-refractivity contribution in [1.82, 2.24) is 20.4 Å². The molecule has 1 aliphatic rings. The van der Waals surface area contributed by atoms with Crippen LogP contribution in [-0.4, -0.2) is 40.6 Å². The predicted molar refractivity (Wildman–Crippen MR) is 120 cm³/mol. The van der Waals surface area contributed by atoms with E-state index in [-0.39, 0.29) is 17.6 Å². The standard InChI is InChI=1S/C24H26ClFN4O2/c25-21-6-2-1-5-20(21)23-28-22(32-29-23)16-30-14-11-18(12-15-30)24(31)27-13-3-4-17-7-9-19(26)10-8-17/h1-2,5-10,18H,3-4,11-16H2,(H,27,31). The fourth-order valence-electron chi connectivity index (χ4n) is 3.92. The Morgan fingerprint density at radius 3 is 2.66 bits per heavy atom. The predicted octanol–water partition coefficient (Wildman–Crippen LogP) is 4.49. The number of nitrogens with zero attached hydrogens (tertiary/aromatic N) is 3. The molecule has 1 aliphatic heterocycles. The molecule has 1 N–H and O–H groups in total. The van der Waals surface area contributed by atoms with Crippen molar-refractivity contribution in [2.24, 2.45) is 5.92 Å². The van der Waals surface area contributed by atoms with Crippen LogP contribution in [0.15, 0.2) is 53.1 Å². The first-order chi connectivity index (χ1) is 15.6. The van der Waals surface area contributed by atoms with E-state index in [0.29, 0.717) is 29.8 Å². The highest BCUT2D eigenvalue weighted by molar-refractivity contribution is 6.33. The molecule has 3 aromatic rings. The van der Waals surface area contributed by atoms with Gasteiger partial charge in [0.2, 0.25) is 17.6 Å². The first-order valence-electron chi connectivity index (χ1n) is 10.9.